The summed E-state index contributed by atoms with van der Waals surface area (Å²) in [5.41, 5.74) is 3.80. The number of anilines is 2. The monoisotopic (exact) mass is 1450 g/mol. The van der Waals surface area contributed by atoms with Gasteiger partial charge in [0.05, 0.1) is 47.6 Å². The van der Waals surface area contributed by atoms with Crippen molar-refractivity contribution >= 4 is 78.4 Å². The van der Waals surface area contributed by atoms with Crippen LogP contribution in [-0.4, -0.2) is 216 Å². The highest BCUT2D eigenvalue weighted by Crippen LogP contribution is 2.72. The maximum absolute atomic E-state index is 14.3. The maximum atomic E-state index is 14.3. The zero-order valence-electron chi connectivity index (χ0n) is 56.5. The molecule has 0 spiro atoms. The Hall–Kier alpha value is -8.54. The Bertz CT molecular complexity index is 4250. The molecule has 546 valence electrons. The molecule has 102 heavy (non-hydrogen) atoms. The molecular formula is C70H83N9O21S2. The SMILES string of the molecule is Cc1c(-c2ccc(N3CCc4cccc(C(=O)Nc5nc6ccccc6s5)c4C3)nc2C(=O)O)cnn1CC12CC3(C)CC(C)(C1)CC(OCCN(CCCS(=O)(=O)O)C(=O)OCc1ccc(O[C@@H]4O[C@H](C(=O)O)[C@@H](O)[C@H](O)[C@H]4O)cc1OCCOCCNC(O)CCN1C(=O)C=CC1=O)(C3)C2. The number of aliphatic carboxylic acids is 1. The number of ether oxygens (including phenoxy) is 6. The Morgan fingerprint density at radius 3 is 2.35 bits per heavy atom. The number of hydrogen-bond donors (Lipinski definition) is 9. The van der Waals surface area contributed by atoms with E-state index in [-0.39, 0.29) is 110 Å². The number of thiazole rings is 1. The summed E-state index contributed by atoms with van der Waals surface area (Å²) in [6.07, 6.45) is -2.15. The van der Waals surface area contributed by atoms with Gasteiger partial charge in [-0.05, 0) is 128 Å². The van der Waals surface area contributed by atoms with Crippen LogP contribution in [0.15, 0.2) is 91.1 Å². The second-order valence-electron chi connectivity index (χ2n) is 28.1. The molecule has 3 aromatic carbocycles. The molecule has 3 unspecified atom stereocenters. The van der Waals surface area contributed by atoms with E-state index in [1.807, 2.05) is 59.0 Å². The van der Waals surface area contributed by atoms with Crippen LogP contribution in [0, 0.1) is 23.2 Å². The third-order valence-corrected chi connectivity index (χ3v) is 21.7. The summed E-state index contributed by atoms with van der Waals surface area (Å²) in [6.45, 7) is 7.37. The highest BCUT2D eigenvalue weighted by molar-refractivity contribution is 7.85. The zero-order valence-corrected chi connectivity index (χ0v) is 58.1. The molecular weight excluding hydrogens is 1370 g/mol. The Morgan fingerprint density at radius 1 is 0.853 bits per heavy atom. The van der Waals surface area contributed by atoms with Crippen LogP contribution in [0.2, 0.25) is 0 Å². The van der Waals surface area contributed by atoms with E-state index in [0.717, 1.165) is 76.2 Å². The van der Waals surface area contributed by atoms with E-state index in [0.29, 0.717) is 60.1 Å². The number of fused-ring (bicyclic) bond motifs is 2. The topological polar surface area (TPSA) is 411 Å². The van der Waals surface area contributed by atoms with Crippen LogP contribution in [0.5, 0.6) is 11.5 Å². The standard InChI is InChI=1S/C70H83N9O21S2/c1-41-47(45-14-15-52(74-56(45)62(87)88)77-22-18-42-8-6-9-46(48(42)32-77)61(86)75-65-73-49-10-4-5-11-51(49)101-65)31-72-79(41)40-69-35-67(2)34-68(3,36-69)38-70(37-67,39-69)98-26-24-76(21-7-29-102(92,93)94)66(91)97-33-43-12-13-44(99-64-59(85)57(83)58(84)60(100-64)63(89)90)30-50(43)96-28-27-95-25-20-71-53(80)19-23-78-54(81)16-17-55(78)82/h4-6,8-17,30-31,53,57-60,64,71,80,83-85H,7,18-29,32-40H2,1-3H3,(H,87,88)(H,89,90)(H,73,75,86)(H,92,93,94)/t53?,57-,58-,59+,60-,64+,67?,68?,69?,70?/m0/s1. The number of aliphatic hydroxyl groups excluding tert-OH is 4. The largest absolute Gasteiger partial charge is 0.491 e. The lowest BCUT2D eigenvalue weighted by Crippen LogP contribution is -2.64. The number of aromatic carboxylic acids is 1. The van der Waals surface area contributed by atoms with E-state index in [9.17, 15) is 72.4 Å². The number of amides is 4. The van der Waals surface area contributed by atoms with Gasteiger partial charge in [-0.3, -0.25) is 39.2 Å². The van der Waals surface area contributed by atoms with Crippen LogP contribution in [0.4, 0.5) is 15.7 Å². The number of pyridine rings is 1. The van der Waals surface area contributed by atoms with E-state index in [2.05, 4.69) is 29.5 Å². The number of imide groups is 1. The molecule has 5 fully saturated rings. The maximum Gasteiger partial charge on any atom is 0.410 e. The molecule has 8 atom stereocenters. The fourth-order valence-corrected chi connectivity index (χ4v) is 17.9. The van der Waals surface area contributed by atoms with Crippen molar-refractivity contribution in [2.24, 2.45) is 16.2 Å². The molecule has 6 aromatic rings. The number of benzene rings is 3. The average Bonchev–Trinajstić information content (AvgIpc) is 0.707. The summed E-state index contributed by atoms with van der Waals surface area (Å²) in [7, 11) is -4.43. The van der Waals surface area contributed by atoms with Crippen LogP contribution < -0.4 is 25.0 Å². The van der Waals surface area contributed by atoms with Gasteiger partial charge in [0, 0.05) is 98.4 Å². The summed E-state index contributed by atoms with van der Waals surface area (Å²) in [5, 5.41) is 73.4. The average molecular weight is 1450 g/mol. The second kappa shape index (κ2) is 30.0. The van der Waals surface area contributed by atoms with Crippen LogP contribution >= 0.6 is 11.3 Å². The number of nitrogens with zero attached hydrogens (tertiary/aromatic N) is 7. The summed E-state index contributed by atoms with van der Waals surface area (Å²) in [4.78, 5) is 90.6. The minimum absolute atomic E-state index is 0.000630. The molecule has 7 aliphatic rings. The number of para-hydroxylation sites is 1. The Morgan fingerprint density at radius 2 is 1.62 bits per heavy atom. The Balaban J connectivity index is 0.700. The number of hydrogen-bond acceptors (Lipinski definition) is 24. The number of aliphatic hydroxyl groups is 4. The van der Waals surface area contributed by atoms with Crippen molar-refractivity contribution in [3.63, 3.8) is 0 Å². The van der Waals surface area contributed by atoms with E-state index in [4.69, 9.17) is 38.5 Å². The normalized spacial score (nSPS) is 25.4. The molecule has 30 nitrogen and oxygen atoms in total. The quantitative estimate of drug-likeness (QED) is 0.0115. The lowest BCUT2D eigenvalue weighted by Gasteiger charge is -2.69. The number of nitrogens with one attached hydrogen (secondary N) is 2. The molecule has 4 aliphatic carbocycles. The molecule has 13 rings (SSSR count). The molecule has 0 radical (unpaired) electrons. The summed E-state index contributed by atoms with van der Waals surface area (Å²) >= 11 is 1.39. The zero-order chi connectivity index (χ0) is 72.5. The van der Waals surface area contributed by atoms with Gasteiger partial charge in [0.2, 0.25) is 6.29 Å². The lowest BCUT2D eigenvalue weighted by molar-refractivity contribution is -0.271. The third kappa shape index (κ3) is 16.6. The molecule has 3 aliphatic heterocycles. The van der Waals surface area contributed by atoms with Crippen LogP contribution in [-0.2, 0) is 69.6 Å². The molecule has 3 aromatic heterocycles. The van der Waals surface area contributed by atoms with Crippen molar-refractivity contribution in [3.8, 4) is 22.6 Å². The molecule has 4 amide bonds. The van der Waals surface area contributed by atoms with E-state index >= 15 is 0 Å². The summed E-state index contributed by atoms with van der Waals surface area (Å²) in [5.74, 6) is -4.27. The van der Waals surface area contributed by atoms with Crippen LogP contribution in [0.25, 0.3) is 21.3 Å². The van der Waals surface area contributed by atoms with Crippen LogP contribution in [0.1, 0.15) is 108 Å². The summed E-state index contributed by atoms with van der Waals surface area (Å²) < 4.78 is 72.3. The fourth-order valence-electron chi connectivity index (χ4n) is 16.5. The van der Waals surface area contributed by atoms with Gasteiger partial charge in [-0.1, -0.05) is 49.4 Å². The van der Waals surface area contributed by atoms with Gasteiger partial charge in [0.15, 0.2) is 16.9 Å². The number of aromatic nitrogens is 4. The van der Waals surface area contributed by atoms with Crippen molar-refractivity contribution in [3.05, 3.63) is 125 Å². The van der Waals surface area contributed by atoms with Gasteiger partial charge in [0.1, 0.15) is 55.1 Å². The van der Waals surface area contributed by atoms with Gasteiger partial charge in [-0.25, -0.2) is 24.4 Å². The first-order chi connectivity index (χ1) is 48.6. The Kier molecular flexibility index (Phi) is 21.6. The minimum atomic E-state index is -4.43. The number of carbonyl (C=O) groups is 6. The molecule has 4 saturated carbocycles. The number of carbonyl (C=O) groups excluding carboxylic acids is 4. The molecule has 32 heteroatoms. The van der Waals surface area contributed by atoms with Crippen molar-refractivity contribution in [2.45, 2.75) is 141 Å². The Labute approximate surface area is 590 Å². The first-order valence-corrected chi connectivity index (χ1v) is 36.2. The predicted molar refractivity (Wildman–Crippen MR) is 366 cm³/mol. The smallest absolute Gasteiger partial charge is 0.410 e. The van der Waals surface area contributed by atoms with Gasteiger partial charge in [-0.15, -0.1) is 0 Å². The molecule has 1 saturated heterocycles. The number of carboxylic acid groups (broad SMARTS) is 2. The van der Waals surface area contributed by atoms with Gasteiger partial charge in [-0.2, -0.15) is 13.5 Å². The summed E-state index contributed by atoms with van der Waals surface area (Å²) in [6, 6.07) is 21.0. The van der Waals surface area contributed by atoms with E-state index in [1.54, 1.807) is 18.3 Å². The van der Waals surface area contributed by atoms with Crippen molar-refractivity contribution < 1.29 is 101 Å². The van der Waals surface area contributed by atoms with Gasteiger partial charge in [0.25, 0.3) is 27.8 Å². The lowest BCUT2D eigenvalue weighted by atomic mass is 9.39. The van der Waals surface area contributed by atoms with Crippen molar-refractivity contribution in [1.29, 1.82) is 0 Å². The fraction of sp³-hybridized carbons (Fsp3) is 0.500. The van der Waals surface area contributed by atoms with E-state index in [1.165, 1.54) is 34.4 Å². The van der Waals surface area contributed by atoms with Gasteiger partial charge < -0.3 is 68.9 Å². The molecule has 9 N–H and O–H groups in total. The minimum Gasteiger partial charge on any atom is -0.491 e. The number of carboxylic acids is 2. The third-order valence-electron chi connectivity index (χ3n) is 19.9. The van der Waals surface area contributed by atoms with Gasteiger partial charge >= 0.3 is 18.0 Å². The van der Waals surface area contributed by atoms with Crippen molar-refractivity contribution in [2.75, 3.05) is 75.1 Å². The first kappa shape index (κ1) is 73.2. The molecule has 4 bridgehead atoms. The highest BCUT2D eigenvalue weighted by atomic mass is 32.2. The second-order valence-corrected chi connectivity index (χ2v) is 30.7. The predicted octanol–water partition coefficient (Wildman–Crippen LogP) is 5.32. The molecule has 6 heterocycles. The van der Waals surface area contributed by atoms with E-state index < -0.39 is 94.9 Å². The highest BCUT2D eigenvalue weighted by Gasteiger charge is 2.66. The van der Waals surface area contributed by atoms with Crippen LogP contribution in [0.3, 0.4) is 0 Å². The van der Waals surface area contributed by atoms with Crippen molar-refractivity contribution in [1.82, 2.24) is 34.9 Å². The first-order valence-electron chi connectivity index (χ1n) is 33.8. The number of rotatable bonds is 31.